The molecular weight excluding hydrogens is 319 g/mol. The fourth-order valence-corrected chi connectivity index (χ4v) is 3.11. The molecular formula is C14H17ClF3N3O. The van der Waals surface area contributed by atoms with Crippen molar-refractivity contribution in [2.24, 2.45) is 5.41 Å². The van der Waals surface area contributed by atoms with E-state index in [0.29, 0.717) is 18.8 Å². The second kappa shape index (κ2) is 6.04. The first-order valence-electron chi connectivity index (χ1n) is 6.94. The Morgan fingerprint density at radius 2 is 1.91 bits per heavy atom. The molecule has 0 aliphatic carbocycles. The molecule has 2 aliphatic rings. The van der Waals surface area contributed by atoms with Crippen LogP contribution in [0.1, 0.15) is 24.8 Å². The number of rotatable bonds is 1. The summed E-state index contributed by atoms with van der Waals surface area (Å²) in [4.78, 5) is 17.5. The van der Waals surface area contributed by atoms with Crippen molar-refractivity contribution in [1.82, 2.24) is 10.3 Å². The van der Waals surface area contributed by atoms with Gasteiger partial charge in [0.1, 0.15) is 5.82 Å². The molecule has 22 heavy (non-hydrogen) atoms. The lowest BCUT2D eigenvalue weighted by molar-refractivity contribution is -0.137. The molecule has 1 aromatic rings. The lowest BCUT2D eigenvalue weighted by Crippen LogP contribution is -2.38. The summed E-state index contributed by atoms with van der Waals surface area (Å²) >= 11 is 0. The Kier molecular flexibility index (Phi) is 4.67. The number of carbonyl (C=O) groups is 1. The van der Waals surface area contributed by atoms with Gasteiger partial charge in [0.25, 0.3) is 0 Å². The van der Waals surface area contributed by atoms with E-state index in [1.165, 1.54) is 11.0 Å². The van der Waals surface area contributed by atoms with E-state index in [1.54, 1.807) is 0 Å². The molecule has 1 N–H and O–H groups in total. The molecule has 3 heterocycles. The number of hydrogen-bond donors (Lipinski definition) is 1. The first-order valence-corrected chi connectivity index (χ1v) is 6.94. The molecule has 0 saturated carbocycles. The summed E-state index contributed by atoms with van der Waals surface area (Å²) in [7, 11) is 0. The summed E-state index contributed by atoms with van der Waals surface area (Å²) in [6, 6.07) is 2.25. The zero-order valence-electron chi connectivity index (χ0n) is 11.8. The zero-order valence-corrected chi connectivity index (χ0v) is 12.6. The maximum absolute atomic E-state index is 12.5. The molecule has 0 aromatic carbocycles. The molecule has 0 radical (unpaired) electrons. The molecule has 0 bridgehead atoms. The molecule has 8 heteroatoms. The molecule has 0 atom stereocenters. The van der Waals surface area contributed by atoms with Crippen molar-refractivity contribution in [3.63, 3.8) is 0 Å². The number of piperidine rings is 1. The Balaban J connectivity index is 0.00000176. The van der Waals surface area contributed by atoms with Gasteiger partial charge in [-0.2, -0.15) is 13.2 Å². The molecule has 1 aromatic heterocycles. The molecule has 1 amide bonds. The van der Waals surface area contributed by atoms with Crippen LogP contribution in [-0.4, -0.2) is 30.5 Å². The van der Waals surface area contributed by atoms with E-state index in [4.69, 9.17) is 0 Å². The van der Waals surface area contributed by atoms with E-state index in [1.807, 2.05) is 0 Å². The highest BCUT2D eigenvalue weighted by Gasteiger charge is 2.44. The van der Waals surface area contributed by atoms with Crippen LogP contribution in [0.25, 0.3) is 0 Å². The van der Waals surface area contributed by atoms with Gasteiger partial charge in [0.05, 0.1) is 5.56 Å². The van der Waals surface area contributed by atoms with E-state index in [-0.39, 0.29) is 23.7 Å². The highest BCUT2D eigenvalue weighted by atomic mass is 35.5. The van der Waals surface area contributed by atoms with Crippen molar-refractivity contribution in [2.45, 2.75) is 25.4 Å². The fraction of sp³-hybridized carbons (Fsp3) is 0.571. The second-order valence-corrected chi connectivity index (χ2v) is 5.81. The van der Waals surface area contributed by atoms with Gasteiger partial charge in [-0.1, -0.05) is 0 Å². The van der Waals surface area contributed by atoms with Crippen LogP contribution in [0.2, 0.25) is 0 Å². The van der Waals surface area contributed by atoms with E-state index in [0.717, 1.165) is 38.2 Å². The highest BCUT2D eigenvalue weighted by Crippen LogP contribution is 2.41. The Morgan fingerprint density at radius 3 is 2.45 bits per heavy atom. The normalized spacial score (nSPS) is 21.0. The molecule has 4 nitrogen and oxygen atoms in total. The summed E-state index contributed by atoms with van der Waals surface area (Å²) in [5.74, 6) is 0.257. The molecule has 122 valence electrons. The maximum Gasteiger partial charge on any atom is 0.417 e. The van der Waals surface area contributed by atoms with Crippen molar-refractivity contribution in [3.05, 3.63) is 23.9 Å². The highest BCUT2D eigenvalue weighted by molar-refractivity contribution is 5.95. The van der Waals surface area contributed by atoms with E-state index >= 15 is 0 Å². The minimum absolute atomic E-state index is 0. The van der Waals surface area contributed by atoms with Crippen molar-refractivity contribution in [2.75, 3.05) is 24.5 Å². The van der Waals surface area contributed by atoms with Gasteiger partial charge in [-0.3, -0.25) is 9.69 Å². The number of aromatic nitrogens is 1. The van der Waals surface area contributed by atoms with Crippen LogP contribution in [0, 0.1) is 5.41 Å². The van der Waals surface area contributed by atoms with Crippen molar-refractivity contribution >= 4 is 24.1 Å². The summed E-state index contributed by atoms with van der Waals surface area (Å²) in [6.45, 7) is 2.30. The number of halogens is 4. The summed E-state index contributed by atoms with van der Waals surface area (Å²) in [6.07, 6.45) is -1.34. The largest absolute Gasteiger partial charge is 0.417 e. The van der Waals surface area contributed by atoms with Crippen LogP contribution >= 0.6 is 12.4 Å². The molecule has 3 rings (SSSR count). The average Bonchev–Trinajstić information content (AvgIpc) is 2.75. The zero-order chi connectivity index (χ0) is 15.1. The smallest absolute Gasteiger partial charge is 0.317 e. The van der Waals surface area contributed by atoms with Crippen molar-refractivity contribution in [1.29, 1.82) is 0 Å². The number of carbonyl (C=O) groups excluding carboxylic acids is 1. The van der Waals surface area contributed by atoms with Crippen LogP contribution in [0.5, 0.6) is 0 Å². The van der Waals surface area contributed by atoms with Gasteiger partial charge in [-0.05, 0) is 43.5 Å². The predicted molar refractivity (Wildman–Crippen MR) is 78.0 cm³/mol. The van der Waals surface area contributed by atoms with Gasteiger partial charge in [0, 0.05) is 19.2 Å². The van der Waals surface area contributed by atoms with Gasteiger partial charge >= 0.3 is 6.18 Å². The Labute approximate surface area is 132 Å². The number of alkyl halides is 3. The minimum Gasteiger partial charge on any atom is -0.317 e. The minimum atomic E-state index is -4.41. The van der Waals surface area contributed by atoms with Crippen LogP contribution in [0.4, 0.5) is 19.0 Å². The molecule has 2 saturated heterocycles. The third-order valence-electron chi connectivity index (χ3n) is 4.34. The van der Waals surface area contributed by atoms with Gasteiger partial charge in [0.2, 0.25) is 5.91 Å². The SMILES string of the molecule is Cl.O=C1CC2(CCNCC2)CN1c1ccc(C(F)(F)F)cn1. The Hall–Kier alpha value is -1.34. The average molecular weight is 336 g/mol. The quantitative estimate of drug-likeness (QED) is 0.858. The van der Waals surface area contributed by atoms with Crippen LogP contribution in [0.3, 0.4) is 0 Å². The number of pyridine rings is 1. The van der Waals surface area contributed by atoms with Gasteiger partial charge in [-0.15, -0.1) is 12.4 Å². The monoisotopic (exact) mass is 335 g/mol. The van der Waals surface area contributed by atoms with Crippen LogP contribution in [-0.2, 0) is 11.0 Å². The second-order valence-electron chi connectivity index (χ2n) is 5.81. The topological polar surface area (TPSA) is 45.2 Å². The summed E-state index contributed by atoms with van der Waals surface area (Å²) < 4.78 is 37.6. The lowest BCUT2D eigenvalue weighted by Gasteiger charge is -2.32. The van der Waals surface area contributed by atoms with Gasteiger partial charge in [-0.25, -0.2) is 4.98 Å². The first kappa shape index (κ1) is 17.0. The fourth-order valence-electron chi connectivity index (χ4n) is 3.11. The molecule has 2 fully saturated rings. The van der Waals surface area contributed by atoms with Crippen LogP contribution < -0.4 is 10.2 Å². The summed E-state index contributed by atoms with van der Waals surface area (Å²) in [5.41, 5.74) is -0.846. The maximum atomic E-state index is 12.5. The van der Waals surface area contributed by atoms with E-state index in [9.17, 15) is 18.0 Å². The number of anilines is 1. The first-order chi connectivity index (χ1) is 9.90. The van der Waals surface area contributed by atoms with Gasteiger partial charge < -0.3 is 5.32 Å². The number of nitrogens with zero attached hydrogens (tertiary/aromatic N) is 2. The van der Waals surface area contributed by atoms with E-state index < -0.39 is 11.7 Å². The molecule has 1 spiro atoms. The van der Waals surface area contributed by atoms with Crippen LogP contribution in [0.15, 0.2) is 18.3 Å². The van der Waals surface area contributed by atoms with Crippen molar-refractivity contribution in [3.8, 4) is 0 Å². The number of hydrogen-bond acceptors (Lipinski definition) is 3. The third kappa shape index (κ3) is 3.20. The molecule has 2 aliphatic heterocycles. The van der Waals surface area contributed by atoms with Gasteiger partial charge in [0.15, 0.2) is 0 Å². The van der Waals surface area contributed by atoms with E-state index in [2.05, 4.69) is 10.3 Å². The Morgan fingerprint density at radius 1 is 1.23 bits per heavy atom. The Bertz CT molecular complexity index is 541. The number of amides is 1. The molecule has 0 unspecified atom stereocenters. The number of nitrogens with one attached hydrogen (secondary N) is 1. The summed E-state index contributed by atoms with van der Waals surface area (Å²) in [5, 5.41) is 3.26. The predicted octanol–water partition coefficient (Wildman–Crippen LogP) is 2.63. The third-order valence-corrected chi connectivity index (χ3v) is 4.34. The van der Waals surface area contributed by atoms with Crippen molar-refractivity contribution < 1.29 is 18.0 Å². The lowest BCUT2D eigenvalue weighted by atomic mass is 9.78. The standard InChI is InChI=1S/C14H16F3N3O.ClH/c15-14(16,17)10-1-2-11(19-8-10)20-9-13(7-12(20)21)3-5-18-6-4-13;/h1-2,8,18H,3-7,9H2;1H.